The summed E-state index contributed by atoms with van der Waals surface area (Å²) in [5, 5.41) is 23.8. The average Bonchev–Trinajstić information content (AvgIpc) is 3.75. The number of alkyl carbamates (subject to hydrolysis) is 1. The predicted molar refractivity (Wildman–Crippen MR) is 269 cm³/mol. The molecule has 3 aliphatic rings. The molecular weight excluding hydrogens is 922 g/mol. The van der Waals surface area contributed by atoms with E-state index in [4.69, 9.17) is 20.2 Å². The number of carbonyl (C=O) groups excluding carboxylic acids is 5. The number of unbranched alkanes of at least 4 members (excludes halogenated alkanes) is 5. The fraction of sp³-hybridized carbons (Fsp3) is 0.436. The fourth-order valence-corrected chi connectivity index (χ4v) is 10.2. The van der Waals surface area contributed by atoms with E-state index in [1.54, 1.807) is 44.2 Å². The third kappa shape index (κ3) is 10.9. The van der Waals surface area contributed by atoms with Crippen LogP contribution in [0, 0.1) is 12.7 Å². The van der Waals surface area contributed by atoms with Gasteiger partial charge in [0.15, 0.2) is 5.60 Å². The van der Waals surface area contributed by atoms with Crippen molar-refractivity contribution < 1.29 is 42.9 Å². The Hall–Kier alpha value is -6.98. The second-order valence-corrected chi connectivity index (χ2v) is 19.1. The van der Waals surface area contributed by atoms with Crippen LogP contribution in [0.2, 0.25) is 0 Å². The van der Waals surface area contributed by atoms with Crippen LogP contribution in [-0.2, 0) is 66.9 Å². The van der Waals surface area contributed by atoms with Crippen LogP contribution in [0.1, 0.15) is 135 Å². The van der Waals surface area contributed by atoms with E-state index in [2.05, 4.69) is 28.2 Å². The first kappa shape index (κ1) is 51.4. The number of pyridine rings is 2. The Labute approximate surface area is 417 Å². The minimum Gasteiger partial charge on any atom is -0.458 e. The second kappa shape index (κ2) is 22.6. The van der Waals surface area contributed by atoms with Gasteiger partial charge in [0.05, 0.1) is 35.1 Å². The van der Waals surface area contributed by atoms with Crippen molar-refractivity contribution in [3.63, 3.8) is 0 Å². The Morgan fingerprint density at radius 3 is 2.42 bits per heavy atom. The number of nitrogens with zero attached hydrogens (tertiary/aromatic N) is 2. The molecule has 4 atom stereocenters. The van der Waals surface area contributed by atoms with E-state index >= 15 is 4.39 Å². The Morgan fingerprint density at radius 2 is 1.68 bits per heavy atom. The number of ether oxygens (including phenoxy) is 2. The minimum atomic E-state index is -2.02. The number of rotatable bonds is 21. The Kier molecular flexibility index (Phi) is 16.1. The molecule has 4 heterocycles. The van der Waals surface area contributed by atoms with E-state index in [9.17, 15) is 33.9 Å². The second-order valence-electron chi connectivity index (χ2n) is 19.1. The lowest BCUT2D eigenvalue weighted by Gasteiger charge is -2.31. The van der Waals surface area contributed by atoms with Crippen molar-refractivity contribution in [2.75, 3.05) is 11.9 Å². The Bertz CT molecular complexity index is 2930. The van der Waals surface area contributed by atoms with Crippen LogP contribution < -0.4 is 32.6 Å². The third-order valence-electron chi connectivity index (χ3n) is 14.3. The van der Waals surface area contributed by atoms with E-state index in [1.165, 1.54) is 10.6 Å². The van der Waals surface area contributed by atoms with Gasteiger partial charge in [0, 0.05) is 41.1 Å². The highest BCUT2D eigenvalue weighted by molar-refractivity contribution is 5.98. The van der Waals surface area contributed by atoms with Gasteiger partial charge in [0.25, 0.3) is 5.56 Å². The van der Waals surface area contributed by atoms with Gasteiger partial charge in [-0.2, -0.15) is 0 Å². The molecule has 380 valence electrons. The molecule has 16 nitrogen and oxygen atoms in total. The molecule has 5 aromatic rings. The number of nitrogens with one attached hydrogen (secondary N) is 4. The van der Waals surface area contributed by atoms with Crippen molar-refractivity contribution in [1.29, 1.82) is 0 Å². The lowest BCUT2D eigenvalue weighted by molar-refractivity contribution is -0.172. The summed E-state index contributed by atoms with van der Waals surface area (Å²) in [6.07, 6.45) is 7.14. The first-order valence-electron chi connectivity index (χ1n) is 25.2. The van der Waals surface area contributed by atoms with Gasteiger partial charge >= 0.3 is 12.1 Å². The van der Waals surface area contributed by atoms with Crippen molar-refractivity contribution in [2.24, 2.45) is 5.73 Å². The van der Waals surface area contributed by atoms with Gasteiger partial charge in [0.1, 0.15) is 31.1 Å². The zero-order valence-corrected chi connectivity index (χ0v) is 41.2. The van der Waals surface area contributed by atoms with Crippen LogP contribution in [-0.4, -0.2) is 63.1 Å². The third-order valence-corrected chi connectivity index (χ3v) is 14.3. The summed E-state index contributed by atoms with van der Waals surface area (Å²) >= 11 is 0. The van der Waals surface area contributed by atoms with Gasteiger partial charge in [-0.3, -0.25) is 19.2 Å². The van der Waals surface area contributed by atoms with E-state index in [0.29, 0.717) is 95.3 Å². The van der Waals surface area contributed by atoms with Crippen LogP contribution in [0.15, 0.2) is 71.5 Å². The number of anilines is 1. The van der Waals surface area contributed by atoms with E-state index in [0.717, 1.165) is 43.2 Å². The number of cyclic esters (lactones) is 1. The monoisotopic (exact) mass is 985 g/mol. The fourth-order valence-electron chi connectivity index (χ4n) is 10.2. The summed E-state index contributed by atoms with van der Waals surface area (Å²) in [7, 11) is 0. The molecule has 7 N–H and O–H groups in total. The maximum absolute atomic E-state index is 15.4. The van der Waals surface area contributed by atoms with Crippen molar-refractivity contribution in [1.82, 2.24) is 25.5 Å². The first-order valence-corrected chi connectivity index (χ1v) is 25.2. The number of fused-ring (bicyclic) bond motifs is 5. The summed E-state index contributed by atoms with van der Waals surface area (Å²) < 4.78 is 27.9. The topological polar surface area (TPSA) is 233 Å². The summed E-state index contributed by atoms with van der Waals surface area (Å²) in [6, 6.07) is 16.7. The van der Waals surface area contributed by atoms with Crippen LogP contribution >= 0.6 is 0 Å². The zero-order valence-electron chi connectivity index (χ0n) is 41.2. The smallest absolute Gasteiger partial charge is 0.407 e. The molecule has 0 spiro atoms. The number of hydrogen-bond acceptors (Lipinski definition) is 11. The molecule has 0 radical (unpaired) electrons. The molecule has 17 heteroatoms. The molecule has 2 aliphatic heterocycles. The summed E-state index contributed by atoms with van der Waals surface area (Å²) in [6.45, 7) is 5.57. The first-order chi connectivity index (χ1) is 34.7. The highest BCUT2D eigenvalue weighted by atomic mass is 19.1. The lowest BCUT2D eigenvalue weighted by Crippen LogP contribution is -2.53. The molecule has 0 fully saturated rings. The normalized spacial score (nSPS) is 17.2. The molecule has 2 aromatic heterocycles. The standard InChI is InChI=1S/C55H64FN7O9/c1-4-6-7-8-12-18-46(64)59-44(26-33-15-10-9-11-16-33)51(66)61-42(17-13-14-25-57)50(65)58-35-21-19-34(20-22-35)30-72-54(69)62-41-24-23-36-32(3)40(56)28-43-47(36)48(41)37-29-63-45(49(37)60-43)27-39-38(52(63)67)31-71-53(68)55(39,70)5-2/h9-11,15-16,19-22,27-28,41-42,44,70H,4-8,12-14,17-18,23-26,29-31,57H2,1-3H3,(H,58,65)(H,59,64)(H,61,66)(H,62,69)/t41-,42-,44-,55-/m0/s1. The van der Waals surface area contributed by atoms with Gasteiger partial charge in [-0.1, -0.05) is 82.0 Å². The zero-order chi connectivity index (χ0) is 51.1. The number of hydrogen-bond donors (Lipinski definition) is 6. The number of esters is 1. The number of carbonyl (C=O) groups is 5. The van der Waals surface area contributed by atoms with Gasteiger partial charge in [-0.25, -0.2) is 19.0 Å². The van der Waals surface area contributed by atoms with Gasteiger partial charge in [-0.15, -0.1) is 0 Å². The van der Waals surface area contributed by atoms with Crippen molar-refractivity contribution in [3.8, 4) is 11.4 Å². The van der Waals surface area contributed by atoms with Gasteiger partial charge in [0.2, 0.25) is 17.7 Å². The minimum absolute atomic E-state index is 0.0231. The van der Waals surface area contributed by atoms with Crippen molar-refractivity contribution in [3.05, 3.63) is 127 Å². The molecule has 72 heavy (non-hydrogen) atoms. The highest BCUT2D eigenvalue weighted by Gasteiger charge is 2.46. The molecular formula is C55H64FN7O9. The molecule has 0 unspecified atom stereocenters. The number of aromatic nitrogens is 2. The number of aliphatic hydroxyl groups is 1. The quantitative estimate of drug-likeness (QED) is 0.0315. The van der Waals surface area contributed by atoms with Crippen molar-refractivity contribution >= 4 is 46.4 Å². The summed E-state index contributed by atoms with van der Waals surface area (Å²) in [4.78, 5) is 86.0. The van der Waals surface area contributed by atoms with Crippen LogP contribution in [0.25, 0.3) is 22.3 Å². The maximum Gasteiger partial charge on any atom is 0.407 e. The number of nitrogens with two attached hydrogens (primary N) is 1. The molecule has 4 amide bonds. The lowest BCUT2D eigenvalue weighted by atomic mass is 9.81. The number of benzene rings is 3. The van der Waals surface area contributed by atoms with E-state index in [1.807, 2.05) is 30.3 Å². The van der Waals surface area contributed by atoms with E-state index < -0.39 is 59.0 Å². The molecule has 8 rings (SSSR count). The Balaban J connectivity index is 0.938. The SMILES string of the molecule is CCCCCCCC(=O)N[C@@H](Cc1ccccc1)C(=O)N[C@@H](CCCCN)C(=O)Nc1ccc(COC(=O)N[C@H]2CCc3c(C)c(F)cc4nc5c(c2c34)Cn2c-5cc3c(c2=O)COC(=O)[C@]3(O)CC)cc1. The molecule has 0 saturated heterocycles. The molecule has 0 saturated carbocycles. The van der Waals surface area contributed by atoms with Crippen LogP contribution in [0.5, 0.6) is 0 Å². The highest BCUT2D eigenvalue weighted by Crippen LogP contribution is 2.46. The Morgan fingerprint density at radius 1 is 0.917 bits per heavy atom. The number of amides is 4. The largest absolute Gasteiger partial charge is 0.458 e. The average molecular weight is 986 g/mol. The van der Waals surface area contributed by atoms with Gasteiger partial charge < -0.3 is 46.1 Å². The molecule has 0 bridgehead atoms. The maximum atomic E-state index is 15.4. The number of aryl methyl sites for hydroxylation is 1. The van der Waals surface area contributed by atoms with Crippen molar-refractivity contribution in [2.45, 2.75) is 148 Å². The number of halogens is 1. The predicted octanol–water partition coefficient (Wildman–Crippen LogP) is 7.08. The van der Waals surface area contributed by atoms with Gasteiger partial charge in [-0.05, 0) is 104 Å². The summed E-state index contributed by atoms with van der Waals surface area (Å²) in [5.41, 5.74) is 9.28. The summed E-state index contributed by atoms with van der Waals surface area (Å²) in [5.74, 6) is -2.39. The van der Waals surface area contributed by atoms with Crippen LogP contribution in [0.3, 0.4) is 0 Å². The van der Waals surface area contributed by atoms with E-state index in [-0.39, 0.29) is 49.6 Å². The molecule has 1 aliphatic carbocycles. The van der Waals surface area contributed by atoms with Crippen LogP contribution in [0.4, 0.5) is 14.9 Å². The molecule has 3 aromatic carbocycles.